The van der Waals surface area contributed by atoms with Crippen molar-refractivity contribution in [3.05, 3.63) is 70.9 Å². The summed E-state index contributed by atoms with van der Waals surface area (Å²) in [5, 5.41) is 3.69. The molecule has 2 amide bonds. The molecule has 1 saturated heterocycles. The van der Waals surface area contributed by atoms with E-state index in [-0.39, 0.29) is 17.6 Å². The van der Waals surface area contributed by atoms with Crippen LogP contribution in [-0.2, 0) is 11.3 Å². The third-order valence-electron chi connectivity index (χ3n) is 4.76. The Bertz CT molecular complexity index is 986. The zero-order valence-corrected chi connectivity index (χ0v) is 15.5. The van der Waals surface area contributed by atoms with Gasteiger partial charge < -0.3 is 10.2 Å². The van der Waals surface area contributed by atoms with Gasteiger partial charge in [-0.05, 0) is 42.0 Å². The minimum atomic E-state index is -0.517. The van der Waals surface area contributed by atoms with Crippen molar-refractivity contribution in [3.63, 3.8) is 0 Å². The van der Waals surface area contributed by atoms with E-state index in [0.29, 0.717) is 24.4 Å². The second-order valence-electron chi connectivity index (χ2n) is 6.71. The average molecular weight is 382 g/mol. The first-order valence-corrected chi connectivity index (χ1v) is 9.74. The van der Waals surface area contributed by atoms with Crippen molar-refractivity contribution in [1.29, 1.82) is 0 Å². The summed E-state index contributed by atoms with van der Waals surface area (Å²) < 4.78 is 14.1. The highest BCUT2D eigenvalue weighted by atomic mass is 32.1. The molecular formula is C21H19FN2O2S. The average Bonchev–Trinajstić information content (AvgIpc) is 3.09. The Hall–Kier alpha value is -2.73. The molecule has 6 heteroatoms. The summed E-state index contributed by atoms with van der Waals surface area (Å²) in [5.74, 6) is -0.655. The lowest BCUT2D eigenvalue weighted by Gasteiger charge is -2.32. The number of rotatable bonds is 4. The van der Waals surface area contributed by atoms with Crippen LogP contribution >= 0.6 is 11.3 Å². The lowest BCUT2D eigenvalue weighted by Crippen LogP contribution is -2.51. The Morgan fingerprint density at radius 2 is 2.00 bits per heavy atom. The Morgan fingerprint density at radius 3 is 2.81 bits per heavy atom. The van der Waals surface area contributed by atoms with Gasteiger partial charge in [-0.2, -0.15) is 0 Å². The van der Waals surface area contributed by atoms with Gasteiger partial charge in [-0.1, -0.05) is 36.4 Å². The number of piperidine rings is 1. The Morgan fingerprint density at radius 1 is 1.19 bits per heavy atom. The minimum absolute atomic E-state index is 0.0504. The fourth-order valence-electron chi connectivity index (χ4n) is 3.38. The molecule has 4 nitrogen and oxygen atoms in total. The standard InChI is InChI=1S/C21H19FN2O2S/c22-16-9-8-15-11-19(27-18(15)12-16)20(25)23-17-7-4-10-24(21(17)26)13-14-5-2-1-3-6-14/h1-3,5-6,8-9,11-12,17H,4,7,10,13H2,(H,23,25). The number of halogens is 1. The van der Waals surface area contributed by atoms with E-state index in [9.17, 15) is 14.0 Å². The van der Waals surface area contributed by atoms with Crippen LogP contribution in [0.15, 0.2) is 54.6 Å². The van der Waals surface area contributed by atoms with Crippen LogP contribution in [0, 0.1) is 5.82 Å². The van der Waals surface area contributed by atoms with E-state index >= 15 is 0 Å². The van der Waals surface area contributed by atoms with Gasteiger partial charge >= 0.3 is 0 Å². The molecule has 1 unspecified atom stereocenters. The van der Waals surface area contributed by atoms with Gasteiger partial charge in [-0.15, -0.1) is 11.3 Å². The molecule has 1 N–H and O–H groups in total. The molecule has 1 aliphatic heterocycles. The van der Waals surface area contributed by atoms with E-state index in [0.717, 1.165) is 22.1 Å². The van der Waals surface area contributed by atoms with Crippen LogP contribution < -0.4 is 5.32 Å². The molecule has 1 aromatic heterocycles. The number of benzene rings is 2. The Labute approximate surface area is 160 Å². The summed E-state index contributed by atoms with van der Waals surface area (Å²) in [5.41, 5.74) is 1.07. The van der Waals surface area contributed by atoms with Gasteiger partial charge in [-0.3, -0.25) is 9.59 Å². The van der Waals surface area contributed by atoms with Crippen LogP contribution in [0.25, 0.3) is 10.1 Å². The lowest BCUT2D eigenvalue weighted by molar-refractivity contribution is -0.136. The molecule has 2 heterocycles. The molecule has 1 fully saturated rings. The predicted molar refractivity (Wildman–Crippen MR) is 104 cm³/mol. The molecule has 0 spiro atoms. The summed E-state index contributed by atoms with van der Waals surface area (Å²) in [6.45, 7) is 1.25. The topological polar surface area (TPSA) is 49.4 Å². The van der Waals surface area contributed by atoms with Gasteiger partial charge in [0.1, 0.15) is 11.9 Å². The molecule has 3 aromatic rings. The number of nitrogens with zero attached hydrogens (tertiary/aromatic N) is 1. The highest BCUT2D eigenvalue weighted by Crippen LogP contribution is 2.26. The van der Waals surface area contributed by atoms with Crippen LogP contribution in [0.3, 0.4) is 0 Å². The zero-order chi connectivity index (χ0) is 18.8. The van der Waals surface area contributed by atoms with Crippen LogP contribution in [-0.4, -0.2) is 29.3 Å². The number of fused-ring (bicyclic) bond motifs is 1. The Balaban J connectivity index is 1.45. The smallest absolute Gasteiger partial charge is 0.262 e. The van der Waals surface area contributed by atoms with Crippen molar-refractivity contribution in [2.24, 2.45) is 0 Å². The molecule has 1 aliphatic rings. The highest BCUT2D eigenvalue weighted by Gasteiger charge is 2.30. The molecule has 138 valence electrons. The first-order valence-electron chi connectivity index (χ1n) is 8.93. The summed E-state index contributed by atoms with van der Waals surface area (Å²) in [6, 6.07) is 15.5. The quantitative estimate of drug-likeness (QED) is 0.743. The molecule has 1 atom stereocenters. The molecule has 27 heavy (non-hydrogen) atoms. The molecular weight excluding hydrogens is 363 g/mol. The van der Waals surface area contributed by atoms with Crippen molar-refractivity contribution in [3.8, 4) is 0 Å². The van der Waals surface area contributed by atoms with Gasteiger partial charge in [0.15, 0.2) is 0 Å². The zero-order valence-electron chi connectivity index (χ0n) is 14.7. The SMILES string of the molecule is O=C(NC1CCCN(Cc2ccccc2)C1=O)c1cc2ccc(F)cc2s1. The van der Waals surface area contributed by atoms with Gasteiger partial charge in [0.05, 0.1) is 4.88 Å². The van der Waals surface area contributed by atoms with E-state index in [4.69, 9.17) is 0 Å². The summed E-state index contributed by atoms with van der Waals surface area (Å²) in [7, 11) is 0. The largest absolute Gasteiger partial charge is 0.340 e. The molecule has 0 saturated carbocycles. The second kappa shape index (κ2) is 7.48. The van der Waals surface area contributed by atoms with Crippen LogP contribution in [0.2, 0.25) is 0 Å². The maximum atomic E-state index is 13.3. The predicted octanol–water partition coefficient (Wildman–Crippen LogP) is 3.96. The first kappa shape index (κ1) is 17.7. The summed E-state index contributed by atoms with van der Waals surface area (Å²) >= 11 is 1.24. The summed E-state index contributed by atoms with van der Waals surface area (Å²) in [4.78, 5) is 27.7. The van der Waals surface area contributed by atoms with Crippen LogP contribution in [0.1, 0.15) is 28.1 Å². The minimum Gasteiger partial charge on any atom is -0.340 e. The molecule has 0 radical (unpaired) electrons. The van der Waals surface area contributed by atoms with Crippen LogP contribution in [0.4, 0.5) is 4.39 Å². The molecule has 2 aromatic carbocycles. The fourth-order valence-corrected chi connectivity index (χ4v) is 4.37. The van der Waals surface area contributed by atoms with E-state index in [1.54, 1.807) is 17.0 Å². The monoisotopic (exact) mass is 382 g/mol. The van der Waals surface area contributed by atoms with E-state index in [1.807, 2.05) is 30.3 Å². The van der Waals surface area contributed by atoms with Gasteiger partial charge in [0.2, 0.25) is 5.91 Å². The summed E-state index contributed by atoms with van der Waals surface area (Å²) in [6.07, 6.45) is 1.48. The van der Waals surface area contributed by atoms with E-state index in [1.165, 1.54) is 23.5 Å². The molecule has 0 aliphatic carbocycles. The normalized spacial score (nSPS) is 17.3. The number of thiophene rings is 1. The molecule has 4 rings (SSSR count). The number of carbonyl (C=O) groups excluding carboxylic acids is 2. The lowest BCUT2D eigenvalue weighted by atomic mass is 10.0. The van der Waals surface area contributed by atoms with Crippen LogP contribution in [0.5, 0.6) is 0 Å². The first-order chi connectivity index (χ1) is 13.1. The second-order valence-corrected chi connectivity index (χ2v) is 7.79. The van der Waals surface area contributed by atoms with Crippen molar-refractivity contribution >= 4 is 33.2 Å². The van der Waals surface area contributed by atoms with E-state index < -0.39 is 6.04 Å². The third-order valence-corrected chi connectivity index (χ3v) is 5.85. The number of hydrogen-bond acceptors (Lipinski definition) is 3. The van der Waals surface area contributed by atoms with Crippen molar-refractivity contribution in [2.75, 3.05) is 6.54 Å². The number of hydrogen-bond donors (Lipinski definition) is 1. The van der Waals surface area contributed by atoms with Crippen molar-refractivity contribution < 1.29 is 14.0 Å². The Kier molecular flexibility index (Phi) is 4.90. The van der Waals surface area contributed by atoms with Crippen molar-refractivity contribution in [2.45, 2.75) is 25.4 Å². The molecule has 0 bridgehead atoms. The van der Waals surface area contributed by atoms with Gasteiger partial charge in [0.25, 0.3) is 5.91 Å². The van der Waals surface area contributed by atoms with Crippen molar-refractivity contribution in [1.82, 2.24) is 10.2 Å². The number of amides is 2. The van der Waals surface area contributed by atoms with Gasteiger partial charge in [0, 0.05) is 17.8 Å². The number of likely N-dealkylation sites (tertiary alicyclic amines) is 1. The fraction of sp³-hybridized carbons (Fsp3) is 0.238. The van der Waals surface area contributed by atoms with E-state index in [2.05, 4.69) is 5.32 Å². The maximum Gasteiger partial charge on any atom is 0.262 e. The third kappa shape index (κ3) is 3.85. The maximum absolute atomic E-state index is 13.3. The number of carbonyl (C=O) groups is 2. The van der Waals surface area contributed by atoms with Gasteiger partial charge in [-0.25, -0.2) is 4.39 Å². The number of nitrogens with one attached hydrogen (secondary N) is 1. The highest BCUT2D eigenvalue weighted by molar-refractivity contribution is 7.20.